The SMILES string of the molecule is Fc1ccc(Br)nc1.N#Cc1cc(Cl)cc(-c2cc(-c3ccc(F)cn3)ncn2)c1.[CH3][Sn]([CH3])([CH3])[c]1ccc(F)cn1. The maximum absolute atomic E-state index is 12.9. The number of hydrogen-bond donors (Lipinski definition) is 0. The zero-order valence-corrected chi connectivity index (χ0v) is 27.4. The first-order chi connectivity index (χ1) is 19.4. The van der Waals surface area contributed by atoms with E-state index in [-0.39, 0.29) is 11.6 Å². The second-order valence-electron chi connectivity index (χ2n) is 9.40. The van der Waals surface area contributed by atoms with Gasteiger partial charge < -0.3 is 0 Å². The van der Waals surface area contributed by atoms with Gasteiger partial charge in [-0.2, -0.15) is 5.26 Å². The summed E-state index contributed by atoms with van der Waals surface area (Å²) in [5.41, 5.74) is 2.85. The summed E-state index contributed by atoms with van der Waals surface area (Å²) in [6.07, 6.45) is 4.98. The van der Waals surface area contributed by atoms with Crippen LogP contribution in [0.15, 0.2) is 90.2 Å². The van der Waals surface area contributed by atoms with Crippen LogP contribution in [0.4, 0.5) is 13.2 Å². The minimum atomic E-state index is -2.02. The fraction of sp³-hybridized carbons (Fsp3) is 0.103. The number of nitriles is 1. The Morgan fingerprint density at radius 1 is 0.707 bits per heavy atom. The van der Waals surface area contributed by atoms with Crippen LogP contribution < -0.4 is 3.71 Å². The molecule has 0 atom stereocenters. The third kappa shape index (κ3) is 10.5. The number of benzene rings is 1. The van der Waals surface area contributed by atoms with Crippen molar-refractivity contribution in [3.63, 3.8) is 0 Å². The van der Waals surface area contributed by atoms with E-state index < -0.39 is 24.2 Å². The Bertz CT molecular complexity index is 1600. The molecule has 0 N–H and O–H groups in total. The Kier molecular flexibility index (Phi) is 11.8. The first-order valence-corrected chi connectivity index (χ1v) is 23.1. The van der Waals surface area contributed by atoms with E-state index in [1.54, 1.807) is 36.4 Å². The van der Waals surface area contributed by atoms with E-state index in [2.05, 4.69) is 55.7 Å². The monoisotopic (exact) mass is 746 g/mol. The van der Waals surface area contributed by atoms with E-state index in [0.717, 1.165) is 16.1 Å². The molecule has 5 rings (SSSR count). The van der Waals surface area contributed by atoms with E-state index in [1.807, 2.05) is 12.1 Å². The van der Waals surface area contributed by atoms with Gasteiger partial charge in [0.25, 0.3) is 0 Å². The second kappa shape index (κ2) is 15.0. The van der Waals surface area contributed by atoms with Gasteiger partial charge in [0.2, 0.25) is 0 Å². The van der Waals surface area contributed by atoms with E-state index in [9.17, 15) is 13.2 Å². The molecule has 4 heterocycles. The van der Waals surface area contributed by atoms with Crippen LogP contribution in [0.1, 0.15) is 5.56 Å². The molecule has 0 radical (unpaired) electrons. The molecule has 0 amide bonds. The summed E-state index contributed by atoms with van der Waals surface area (Å²) in [6.45, 7) is 0. The van der Waals surface area contributed by atoms with Crippen molar-refractivity contribution in [1.29, 1.82) is 5.26 Å². The molecule has 0 spiro atoms. The molecule has 0 fully saturated rings. The van der Waals surface area contributed by atoms with Crippen LogP contribution in [-0.2, 0) is 0 Å². The molecule has 208 valence electrons. The summed E-state index contributed by atoms with van der Waals surface area (Å²) in [4.78, 5) is 26.8. The molecule has 0 aliphatic carbocycles. The first-order valence-electron chi connectivity index (χ1n) is 12.0. The van der Waals surface area contributed by atoms with Crippen LogP contribution in [0.25, 0.3) is 22.6 Å². The summed E-state index contributed by atoms with van der Waals surface area (Å²) in [5, 5.41) is 9.46. The van der Waals surface area contributed by atoms with Crippen molar-refractivity contribution < 1.29 is 13.2 Å². The summed E-state index contributed by atoms with van der Waals surface area (Å²) < 4.78 is 39.2. The molecule has 0 saturated carbocycles. The number of halogens is 5. The molecular weight excluding hydrogens is 723 g/mol. The Morgan fingerprint density at radius 3 is 1.83 bits per heavy atom. The van der Waals surface area contributed by atoms with Crippen molar-refractivity contribution in [3.05, 3.63) is 118 Å². The molecule has 0 unspecified atom stereocenters. The van der Waals surface area contributed by atoms with Gasteiger partial charge in [0, 0.05) is 10.6 Å². The molecule has 41 heavy (non-hydrogen) atoms. The third-order valence-corrected chi connectivity index (χ3v) is 11.1. The molecule has 12 heteroatoms. The number of aromatic nitrogens is 5. The van der Waals surface area contributed by atoms with Crippen LogP contribution in [0.3, 0.4) is 0 Å². The van der Waals surface area contributed by atoms with E-state index >= 15 is 0 Å². The maximum atomic E-state index is 12.9. The second-order valence-corrected chi connectivity index (χ2v) is 25.0. The fourth-order valence-electron chi connectivity index (χ4n) is 3.16. The normalized spacial score (nSPS) is 10.4. The number of pyridine rings is 3. The van der Waals surface area contributed by atoms with Crippen molar-refractivity contribution in [3.8, 4) is 28.7 Å². The Balaban J connectivity index is 0.000000201. The summed E-state index contributed by atoms with van der Waals surface area (Å²) in [6, 6.07) is 17.8. The summed E-state index contributed by atoms with van der Waals surface area (Å²) in [5.74, 6) is -0.968. The van der Waals surface area contributed by atoms with Crippen molar-refractivity contribution in [2.75, 3.05) is 0 Å². The third-order valence-electron chi connectivity index (χ3n) is 5.17. The Hall–Kier alpha value is -3.40. The fourth-order valence-corrected chi connectivity index (χ4v) is 6.59. The van der Waals surface area contributed by atoms with E-state index in [0.29, 0.717) is 37.8 Å². The predicted molar refractivity (Wildman–Crippen MR) is 159 cm³/mol. The molecule has 1 aromatic carbocycles. The summed E-state index contributed by atoms with van der Waals surface area (Å²) >= 11 is 7.05. The van der Waals surface area contributed by atoms with Gasteiger partial charge in [-0.15, -0.1) is 0 Å². The predicted octanol–water partition coefficient (Wildman–Crippen LogP) is 7.62. The van der Waals surface area contributed by atoms with Gasteiger partial charge in [-0.25, -0.2) is 23.7 Å². The molecule has 6 nitrogen and oxygen atoms in total. The van der Waals surface area contributed by atoms with Crippen LogP contribution in [0.5, 0.6) is 0 Å². The molecule has 5 aromatic rings. The van der Waals surface area contributed by atoms with Crippen molar-refractivity contribution >= 4 is 49.6 Å². The summed E-state index contributed by atoms with van der Waals surface area (Å²) in [7, 11) is 0. The van der Waals surface area contributed by atoms with Crippen LogP contribution >= 0.6 is 27.5 Å². The number of nitrogens with zero attached hydrogens (tertiary/aromatic N) is 6. The molecule has 4 aromatic heterocycles. The average molecular weight is 747 g/mol. The van der Waals surface area contributed by atoms with Gasteiger partial charge in [-0.3, -0.25) is 4.98 Å². The molecule has 0 aliphatic heterocycles. The molecule has 0 saturated heterocycles. The Morgan fingerprint density at radius 2 is 1.32 bits per heavy atom. The number of hydrogen-bond acceptors (Lipinski definition) is 6. The standard InChI is InChI=1S/C16H8ClFN4.C5H3BrFN.C5H3FN.3CH3.Sn/c17-12-4-10(7-19)3-11(5-12)15-6-16(22-9-21-15)14-2-1-13(18)8-20-14;6-5-2-1-4(7)3-8-5;6-5-2-1-3-7-4-5;;;;/h1-6,8-9H;1-3H;1-2,4H;3*1H3;. The van der Waals surface area contributed by atoms with Crippen LogP contribution in [0.2, 0.25) is 19.8 Å². The van der Waals surface area contributed by atoms with Crippen LogP contribution in [0, 0.1) is 28.8 Å². The molecule has 0 aliphatic rings. The van der Waals surface area contributed by atoms with Gasteiger partial charge >= 0.3 is 70.4 Å². The van der Waals surface area contributed by atoms with Gasteiger partial charge in [-0.1, -0.05) is 11.6 Å². The topological polar surface area (TPSA) is 88.2 Å². The van der Waals surface area contributed by atoms with E-state index in [4.69, 9.17) is 16.9 Å². The van der Waals surface area contributed by atoms with Crippen molar-refractivity contribution in [2.24, 2.45) is 0 Å². The number of rotatable bonds is 3. The quantitative estimate of drug-likeness (QED) is 0.140. The zero-order valence-electron chi connectivity index (χ0n) is 22.2. The van der Waals surface area contributed by atoms with Gasteiger partial charge in [0.05, 0.1) is 41.1 Å². The van der Waals surface area contributed by atoms with E-state index in [1.165, 1.54) is 30.7 Å². The minimum absolute atomic E-state index is 0.246. The van der Waals surface area contributed by atoms with Gasteiger partial charge in [0.15, 0.2) is 0 Å². The Labute approximate surface area is 253 Å². The average Bonchev–Trinajstić information content (AvgIpc) is 2.95. The molecular formula is C29H23BrClF3N6Sn. The molecule has 0 bridgehead atoms. The zero-order chi connectivity index (χ0) is 30.0. The van der Waals surface area contributed by atoms with Crippen LogP contribution in [-0.4, -0.2) is 43.3 Å². The van der Waals surface area contributed by atoms with Gasteiger partial charge in [0.1, 0.15) is 22.6 Å². The van der Waals surface area contributed by atoms with Crippen molar-refractivity contribution in [1.82, 2.24) is 24.9 Å². The first kappa shape index (κ1) is 32.1. The van der Waals surface area contributed by atoms with Crippen molar-refractivity contribution in [2.45, 2.75) is 14.8 Å². The van der Waals surface area contributed by atoms with Gasteiger partial charge in [-0.05, 0) is 64.5 Å².